The molecule has 4 heteroatoms. The van der Waals surface area contributed by atoms with E-state index in [4.69, 9.17) is 0 Å². The van der Waals surface area contributed by atoms with Crippen molar-refractivity contribution >= 4 is 23.1 Å². The molecule has 0 saturated carbocycles. The van der Waals surface area contributed by atoms with Crippen LogP contribution in [-0.4, -0.2) is 23.8 Å². The van der Waals surface area contributed by atoms with Gasteiger partial charge >= 0.3 is 0 Å². The second-order valence-corrected chi connectivity index (χ2v) is 7.90. The summed E-state index contributed by atoms with van der Waals surface area (Å²) < 4.78 is 0. The monoisotopic (exact) mass is 410 g/mol. The van der Waals surface area contributed by atoms with Crippen molar-refractivity contribution < 1.29 is 9.59 Å². The molecule has 2 amide bonds. The van der Waals surface area contributed by atoms with Gasteiger partial charge in [0.05, 0.1) is 11.3 Å². The van der Waals surface area contributed by atoms with Crippen LogP contribution < -0.4 is 4.90 Å². The van der Waals surface area contributed by atoms with Gasteiger partial charge in [-0.15, -0.1) is 0 Å². The maximum atomic E-state index is 13.6. The van der Waals surface area contributed by atoms with Crippen LogP contribution in [-0.2, 0) is 22.6 Å². The maximum Gasteiger partial charge on any atom is 0.282 e. The van der Waals surface area contributed by atoms with Gasteiger partial charge in [0.1, 0.15) is 5.70 Å². The van der Waals surface area contributed by atoms with Gasteiger partial charge in [-0.1, -0.05) is 79.2 Å². The number of likely N-dealkylation sites (N-methyl/N-ethyl adjacent to an activating group) is 1. The van der Waals surface area contributed by atoms with Gasteiger partial charge in [0.15, 0.2) is 0 Å². The molecule has 0 atom stereocenters. The number of rotatable bonds is 6. The second kappa shape index (κ2) is 8.60. The van der Waals surface area contributed by atoms with E-state index >= 15 is 0 Å². The average molecular weight is 411 g/mol. The van der Waals surface area contributed by atoms with E-state index in [0.717, 1.165) is 28.7 Å². The number of imide groups is 1. The van der Waals surface area contributed by atoms with Crippen molar-refractivity contribution in [3.8, 4) is 0 Å². The van der Waals surface area contributed by atoms with Crippen LogP contribution in [0, 0.1) is 6.92 Å². The van der Waals surface area contributed by atoms with Gasteiger partial charge in [-0.3, -0.25) is 9.59 Å². The summed E-state index contributed by atoms with van der Waals surface area (Å²) in [5.74, 6) is -0.573. The molecule has 4 rings (SSSR count). The Hall–Kier alpha value is -3.66. The lowest BCUT2D eigenvalue weighted by molar-refractivity contribution is -0.120. The number of hydrogen-bond acceptors (Lipinski definition) is 3. The smallest absolute Gasteiger partial charge is 0.282 e. The number of nitrogens with zero attached hydrogens (tertiary/aromatic N) is 2. The largest absolute Gasteiger partial charge is 0.365 e. The van der Waals surface area contributed by atoms with Crippen molar-refractivity contribution in [2.75, 3.05) is 11.9 Å². The van der Waals surface area contributed by atoms with Crippen LogP contribution in [0.5, 0.6) is 0 Å². The second-order valence-electron chi connectivity index (χ2n) is 7.90. The molecule has 1 aliphatic rings. The molecule has 0 saturated heterocycles. The Morgan fingerprint density at radius 1 is 0.774 bits per heavy atom. The highest BCUT2D eigenvalue weighted by molar-refractivity contribution is 6.45. The lowest BCUT2D eigenvalue weighted by Gasteiger charge is -2.21. The zero-order chi connectivity index (χ0) is 22.0. The Morgan fingerprint density at radius 2 is 1.42 bits per heavy atom. The van der Waals surface area contributed by atoms with E-state index in [1.165, 1.54) is 4.90 Å². The van der Waals surface area contributed by atoms with Crippen LogP contribution >= 0.6 is 0 Å². The van der Waals surface area contributed by atoms with Crippen LogP contribution in [0.25, 0.3) is 5.57 Å². The molecule has 1 aliphatic heterocycles. The molecule has 0 radical (unpaired) electrons. The highest BCUT2D eigenvalue weighted by atomic mass is 16.2. The highest BCUT2D eigenvalue weighted by Crippen LogP contribution is 2.35. The Balaban J connectivity index is 1.77. The topological polar surface area (TPSA) is 40.6 Å². The van der Waals surface area contributed by atoms with E-state index in [1.54, 1.807) is 0 Å². The van der Waals surface area contributed by atoms with Crippen molar-refractivity contribution in [1.82, 2.24) is 4.90 Å². The first-order valence-electron chi connectivity index (χ1n) is 10.5. The molecule has 0 bridgehead atoms. The van der Waals surface area contributed by atoms with Crippen LogP contribution in [0.15, 0.2) is 84.6 Å². The van der Waals surface area contributed by atoms with E-state index < -0.39 is 0 Å². The summed E-state index contributed by atoms with van der Waals surface area (Å²) in [4.78, 5) is 30.3. The van der Waals surface area contributed by atoms with Gasteiger partial charge in [-0.25, -0.2) is 4.90 Å². The SMILES string of the molecule is CCc1ccc(N2C(=O)C(c3ccc(C)cc3)=C(N(C)Cc3ccccc3)C2=O)cc1. The standard InChI is InChI=1S/C27H26N2O2/c1-4-20-12-16-23(17-13-20)29-26(30)24(22-14-10-19(2)11-15-22)25(27(29)31)28(3)18-21-8-6-5-7-9-21/h5-17H,4,18H2,1-3H3. The van der Waals surface area contributed by atoms with E-state index in [0.29, 0.717) is 23.5 Å². The van der Waals surface area contributed by atoms with E-state index in [-0.39, 0.29) is 11.8 Å². The van der Waals surface area contributed by atoms with Gasteiger partial charge in [0.25, 0.3) is 11.8 Å². The van der Waals surface area contributed by atoms with Crippen molar-refractivity contribution in [2.45, 2.75) is 26.8 Å². The molecule has 4 nitrogen and oxygen atoms in total. The number of anilines is 1. The van der Waals surface area contributed by atoms with Crippen LogP contribution in [0.1, 0.15) is 29.2 Å². The van der Waals surface area contributed by atoms with E-state index in [1.807, 2.05) is 97.7 Å². The van der Waals surface area contributed by atoms with Crippen molar-refractivity contribution in [1.29, 1.82) is 0 Å². The molecular weight excluding hydrogens is 384 g/mol. The first-order chi connectivity index (χ1) is 15.0. The fourth-order valence-electron chi connectivity index (χ4n) is 3.90. The number of aryl methyl sites for hydroxylation is 2. The van der Waals surface area contributed by atoms with Crippen LogP contribution in [0.3, 0.4) is 0 Å². The van der Waals surface area contributed by atoms with Gasteiger partial charge in [-0.2, -0.15) is 0 Å². The predicted molar refractivity (Wildman–Crippen MR) is 124 cm³/mol. The maximum absolute atomic E-state index is 13.6. The molecule has 0 N–H and O–H groups in total. The van der Waals surface area contributed by atoms with Gasteiger partial charge < -0.3 is 4.90 Å². The molecule has 0 aromatic heterocycles. The molecule has 3 aromatic carbocycles. The quantitative estimate of drug-likeness (QED) is 0.539. The number of hydrogen-bond donors (Lipinski definition) is 0. The number of carbonyl (C=O) groups is 2. The molecule has 31 heavy (non-hydrogen) atoms. The third-order valence-electron chi connectivity index (χ3n) is 5.65. The lowest BCUT2D eigenvalue weighted by Crippen LogP contribution is -2.34. The minimum Gasteiger partial charge on any atom is -0.365 e. The van der Waals surface area contributed by atoms with Crippen molar-refractivity contribution in [3.05, 3.63) is 107 Å². The minimum atomic E-state index is -0.289. The van der Waals surface area contributed by atoms with Gasteiger partial charge in [0, 0.05) is 13.6 Å². The molecular formula is C27H26N2O2. The molecule has 0 unspecified atom stereocenters. The van der Waals surface area contributed by atoms with E-state index in [9.17, 15) is 9.59 Å². The van der Waals surface area contributed by atoms with Crippen molar-refractivity contribution in [2.24, 2.45) is 0 Å². The summed E-state index contributed by atoms with van der Waals surface area (Å²) in [6, 6.07) is 25.3. The highest BCUT2D eigenvalue weighted by Gasteiger charge is 2.41. The van der Waals surface area contributed by atoms with Gasteiger partial charge in [0.2, 0.25) is 0 Å². The zero-order valence-corrected chi connectivity index (χ0v) is 18.1. The Labute approximate surface area is 183 Å². The summed E-state index contributed by atoms with van der Waals surface area (Å²) in [6.45, 7) is 4.62. The lowest BCUT2D eigenvalue weighted by atomic mass is 10.0. The molecule has 0 aliphatic carbocycles. The predicted octanol–water partition coefficient (Wildman–Crippen LogP) is 4.97. The fourth-order valence-corrected chi connectivity index (χ4v) is 3.90. The summed E-state index contributed by atoms with van der Waals surface area (Å²) >= 11 is 0. The summed E-state index contributed by atoms with van der Waals surface area (Å²) in [6.07, 6.45) is 0.903. The number of benzene rings is 3. The molecule has 1 heterocycles. The Bertz CT molecular complexity index is 1130. The summed E-state index contributed by atoms with van der Waals surface area (Å²) in [5, 5.41) is 0. The average Bonchev–Trinajstić information content (AvgIpc) is 3.05. The first-order valence-corrected chi connectivity index (χ1v) is 10.5. The zero-order valence-electron chi connectivity index (χ0n) is 18.1. The normalized spacial score (nSPS) is 13.8. The summed E-state index contributed by atoms with van der Waals surface area (Å²) in [7, 11) is 1.87. The number of carbonyl (C=O) groups excluding carboxylic acids is 2. The minimum absolute atomic E-state index is 0.284. The first kappa shape index (κ1) is 20.6. The fraction of sp³-hybridized carbons (Fsp3) is 0.185. The third-order valence-corrected chi connectivity index (χ3v) is 5.65. The summed E-state index contributed by atoms with van der Waals surface area (Å²) in [5.41, 5.74) is 5.57. The Kier molecular flexibility index (Phi) is 5.72. The number of amides is 2. The third kappa shape index (κ3) is 4.02. The van der Waals surface area contributed by atoms with Crippen LogP contribution in [0.2, 0.25) is 0 Å². The van der Waals surface area contributed by atoms with Crippen LogP contribution in [0.4, 0.5) is 5.69 Å². The molecule has 0 spiro atoms. The molecule has 3 aromatic rings. The van der Waals surface area contributed by atoms with Crippen molar-refractivity contribution in [3.63, 3.8) is 0 Å². The molecule has 156 valence electrons. The Morgan fingerprint density at radius 3 is 2.03 bits per heavy atom. The van der Waals surface area contributed by atoms with Gasteiger partial charge in [-0.05, 0) is 42.2 Å². The molecule has 0 fully saturated rings. The van der Waals surface area contributed by atoms with E-state index in [2.05, 4.69) is 6.92 Å².